The maximum atomic E-state index is 14.0. The standard InChI is InChI=1S/C18H12ClF3O4/c1-10-6-7-15(13(19)8-10)26-17(18(20,21)22)12(16(23)24)9-11-4-2-3-5-14(11)25-17/h2-9H,1H3,(H,23,24). The van der Waals surface area contributed by atoms with Crippen LogP contribution >= 0.6 is 11.6 Å². The van der Waals surface area contributed by atoms with Crippen molar-refractivity contribution < 1.29 is 32.5 Å². The third-order valence-corrected chi connectivity index (χ3v) is 4.07. The van der Waals surface area contributed by atoms with Crippen molar-refractivity contribution in [2.45, 2.75) is 18.9 Å². The number of ether oxygens (including phenoxy) is 2. The summed E-state index contributed by atoms with van der Waals surface area (Å²) in [6.07, 6.45) is -4.31. The highest BCUT2D eigenvalue weighted by atomic mass is 35.5. The summed E-state index contributed by atoms with van der Waals surface area (Å²) in [7, 11) is 0. The number of aliphatic carboxylic acids is 1. The lowest BCUT2D eigenvalue weighted by Crippen LogP contribution is -2.59. The van der Waals surface area contributed by atoms with Crippen LogP contribution in [0.3, 0.4) is 0 Å². The molecule has 136 valence electrons. The van der Waals surface area contributed by atoms with Crippen LogP contribution in [0, 0.1) is 6.92 Å². The molecule has 3 rings (SSSR count). The molecule has 4 nitrogen and oxygen atoms in total. The van der Waals surface area contributed by atoms with Crippen molar-refractivity contribution in [3.05, 3.63) is 64.2 Å². The number of para-hydroxylation sites is 1. The average molecular weight is 385 g/mol. The molecule has 0 spiro atoms. The predicted molar refractivity (Wildman–Crippen MR) is 88.3 cm³/mol. The van der Waals surface area contributed by atoms with Crippen LogP contribution in [-0.4, -0.2) is 23.0 Å². The van der Waals surface area contributed by atoms with Crippen molar-refractivity contribution in [1.82, 2.24) is 0 Å². The number of alkyl halides is 3. The molecule has 2 aromatic rings. The minimum Gasteiger partial charge on any atom is -0.478 e. The van der Waals surface area contributed by atoms with E-state index in [1.807, 2.05) is 0 Å². The SMILES string of the molecule is Cc1ccc(OC2(C(F)(F)F)Oc3ccccc3C=C2C(=O)O)c(Cl)c1. The monoisotopic (exact) mass is 384 g/mol. The minimum absolute atomic E-state index is 0.0965. The molecular weight excluding hydrogens is 373 g/mol. The molecule has 0 aliphatic carbocycles. The van der Waals surface area contributed by atoms with Gasteiger partial charge < -0.3 is 14.6 Å². The molecule has 1 heterocycles. The molecule has 26 heavy (non-hydrogen) atoms. The third-order valence-electron chi connectivity index (χ3n) is 3.77. The Bertz CT molecular complexity index is 908. The van der Waals surface area contributed by atoms with Gasteiger partial charge in [0.25, 0.3) is 0 Å². The molecule has 0 bridgehead atoms. The zero-order valence-corrected chi connectivity index (χ0v) is 14.1. The summed E-state index contributed by atoms with van der Waals surface area (Å²) >= 11 is 5.97. The maximum absolute atomic E-state index is 14.0. The zero-order valence-electron chi connectivity index (χ0n) is 13.3. The van der Waals surface area contributed by atoms with Gasteiger partial charge in [0.2, 0.25) is 0 Å². The Hall–Kier alpha value is -2.67. The first-order chi connectivity index (χ1) is 12.1. The van der Waals surface area contributed by atoms with Crippen molar-refractivity contribution in [2.24, 2.45) is 0 Å². The number of hydrogen-bond donors (Lipinski definition) is 1. The summed E-state index contributed by atoms with van der Waals surface area (Å²) in [5.74, 6) is -5.86. The molecule has 0 saturated heterocycles. The van der Waals surface area contributed by atoms with E-state index in [2.05, 4.69) is 0 Å². The highest BCUT2D eigenvalue weighted by Gasteiger charge is 2.66. The second kappa shape index (κ2) is 6.25. The third kappa shape index (κ3) is 2.99. The molecule has 1 N–H and O–H groups in total. The fraction of sp³-hybridized carbons (Fsp3) is 0.167. The number of carbonyl (C=O) groups is 1. The largest absolute Gasteiger partial charge is 0.478 e. The van der Waals surface area contributed by atoms with Gasteiger partial charge in [-0.25, -0.2) is 4.79 Å². The lowest BCUT2D eigenvalue weighted by molar-refractivity contribution is -0.304. The van der Waals surface area contributed by atoms with Crippen molar-refractivity contribution >= 4 is 23.6 Å². The van der Waals surface area contributed by atoms with Gasteiger partial charge in [-0.3, -0.25) is 0 Å². The first kappa shape index (κ1) is 18.1. The summed E-state index contributed by atoms with van der Waals surface area (Å²) < 4.78 is 52.2. The number of halogens is 4. The van der Waals surface area contributed by atoms with Crippen LogP contribution in [0.5, 0.6) is 11.5 Å². The van der Waals surface area contributed by atoms with Crippen molar-refractivity contribution in [3.63, 3.8) is 0 Å². The number of aryl methyl sites for hydroxylation is 1. The second-order valence-corrected chi connectivity index (χ2v) is 6.06. The number of carboxylic acids is 1. The predicted octanol–water partition coefficient (Wildman–Crippen LogP) is 4.85. The zero-order chi connectivity index (χ0) is 19.1. The lowest BCUT2D eigenvalue weighted by Gasteiger charge is -2.38. The number of carboxylic acid groups (broad SMARTS) is 1. The first-order valence-electron chi connectivity index (χ1n) is 7.39. The number of rotatable bonds is 3. The molecular formula is C18H12ClF3O4. The highest BCUT2D eigenvalue weighted by molar-refractivity contribution is 6.32. The summed E-state index contributed by atoms with van der Waals surface area (Å²) in [6, 6.07) is 9.89. The molecule has 0 radical (unpaired) electrons. The van der Waals surface area contributed by atoms with Gasteiger partial charge in [0.15, 0.2) is 0 Å². The van der Waals surface area contributed by atoms with Gasteiger partial charge in [0.1, 0.15) is 17.1 Å². The van der Waals surface area contributed by atoms with Gasteiger partial charge in [-0.15, -0.1) is 0 Å². The Balaban J connectivity index is 2.20. The molecule has 8 heteroatoms. The van der Waals surface area contributed by atoms with Gasteiger partial charge >= 0.3 is 17.9 Å². The van der Waals surface area contributed by atoms with E-state index in [4.69, 9.17) is 21.1 Å². The molecule has 2 aromatic carbocycles. The minimum atomic E-state index is -5.20. The van der Waals surface area contributed by atoms with Crippen LogP contribution in [0.1, 0.15) is 11.1 Å². The molecule has 1 atom stereocenters. The summed E-state index contributed by atoms with van der Waals surface area (Å²) in [6.45, 7) is 1.70. The fourth-order valence-electron chi connectivity index (χ4n) is 2.54. The Morgan fingerprint density at radius 1 is 1.23 bits per heavy atom. The Kier molecular flexibility index (Phi) is 4.36. The quantitative estimate of drug-likeness (QED) is 0.822. The fourth-order valence-corrected chi connectivity index (χ4v) is 2.82. The molecule has 0 amide bonds. The van der Waals surface area contributed by atoms with Crippen LogP contribution in [0.25, 0.3) is 6.08 Å². The Morgan fingerprint density at radius 3 is 2.54 bits per heavy atom. The van der Waals surface area contributed by atoms with Gasteiger partial charge in [-0.05, 0) is 36.8 Å². The highest BCUT2D eigenvalue weighted by Crippen LogP contribution is 2.47. The summed E-state index contributed by atoms with van der Waals surface area (Å²) in [4.78, 5) is 11.6. The normalized spacial score (nSPS) is 19.2. The maximum Gasteiger partial charge on any atom is 0.473 e. The second-order valence-electron chi connectivity index (χ2n) is 5.65. The summed E-state index contributed by atoms with van der Waals surface area (Å²) in [5, 5.41) is 9.30. The van der Waals surface area contributed by atoms with Crippen molar-refractivity contribution in [2.75, 3.05) is 0 Å². The van der Waals surface area contributed by atoms with E-state index in [0.717, 1.165) is 6.08 Å². The lowest BCUT2D eigenvalue weighted by atomic mass is 9.97. The van der Waals surface area contributed by atoms with E-state index in [1.165, 1.54) is 36.4 Å². The van der Waals surface area contributed by atoms with Crippen LogP contribution < -0.4 is 9.47 Å². The number of benzene rings is 2. The van der Waals surface area contributed by atoms with Gasteiger partial charge in [-0.2, -0.15) is 13.2 Å². The van der Waals surface area contributed by atoms with Crippen LogP contribution in [0.2, 0.25) is 5.02 Å². The Morgan fingerprint density at radius 2 is 1.92 bits per heavy atom. The van der Waals surface area contributed by atoms with E-state index in [1.54, 1.807) is 13.0 Å². The molecule has 0 saturated carbocycles. The smallest absolute Gasteiger partial charge is 0.473 e. The molecule has 1 aliphatic heterocycles. The van der Waals surface area contributed by atoms with Crippen molar-refractivity contribution in [3.8, 4) is 11.5 Å². The number of hydrogen-bond acceptors (Lipinski definition) is 3. The Labute approximate surface area is 151 Å². The topological polar surface area (TPSA) is 55.8 Å². The van der Waals surface area contributed by atoms with E-state index < -0.39 is 23.5 Å². The molecule has 0 aromatic heterocycles. The molecule has 0 fully saturated rings. The molecule has 1 aliphatic rings. The van der Waals surface area contributed by atoms with Gasteiger partial charge in [0.05, 0.1) is 5.02 Å². The van der Waals surface area contributed by atoms with E-state index in [9.17, 15) is 23.1 Å². The van der Waals surface area contributed by atoms with Crippen LogP contribution in [0.15, 0.2) is 48.0 Å². The molecule has 1 unspecified atom stereocenters. The van der Waals surface area contributed by atoms with Gasteiger partial charge in [-0.1, -0.05) is 35.9 Å². The van der Waals surface area contributed by atoms with Gasteiger partial charge in [0, 0.05) is 5.56 Å². The van der Waals surface area contributed by atoms with E-state index >= 15 is 0 Å². The van der Waals surface area contributed by atoms with Crippen LogP contribution in [0.4, 0.5) is 13.2 Å². The first-order valence-corrected chi connectivity index (χ1v) is 7.77. The van der Waals surface area contributed by atoms with E-state index in [-0.39, 0.29) is 22.1 Å². The summed E-state index contributed by atoms with van der Waals surface area (Å²) in [5.41, 5.74) is -0.198. The van der Waals surface area contributed by atoms with E-state index in [0.29, 0.717) is 5.56 Å². The number of fused-ring (bicyclic) bond motifs is 1. The van der Waals surface area contributed by atoms with Crippen LogP contribution in [-0.2, 0) is 4.79 Å². The average Bonchev–Trinajstić information content (AvgIpc) is 2.55. The van der Waals surface area contributed by atoms with Crippen molar-refractivity contribution in [1.29, 1.82) is 0 Å².